The van der Waals surface area contributed by atoms with Crippen LogP contribution in [0.25, 0.3) is 0 Å². The Morgan fingerprint density at radius 2 is 2.36 bits per heavy atom. The van der Waals surface area contributed by atoms with Gasteiger partial charge in [-0.2, -0.15) is 4.98 Å². The summed E-state index contributed by atoms with van der Waals surface area (Å²) in [5, 5.41) is 3.81. The molecule has 5 heteroatoms. The van der Waals surface area contributed by atoms with E-state index >= 15 is 0 Å². The van der Waals surface area contributed by atoms with Gasteiger partial charge in [-0.25, -0.2) is 0 Å². The standard InChI is InChI=1S/C9H15N3O2/c1-6(10)7-11-8(14-12-7)9(2)4-3-5-13-9/h6H,3-5,10H2,1-2H3. The third kappa shape index (κ3) is 1.53. The van der Waals surface area contributed by atoms with Crippen molar-refractivity contribution in [2.45, 2.75) is 38.3 Å². The smallest absolute Gasteiger partial charge is 0.258 e. The van der Waals surface area contributed by atoms with E-state index in [1.807, 2.05) is 13.8 Å². The van der Waals surface area contributed by atoms with E-state index in [0.717, 1.165) is 19.4 Å². The molecule has 2 N–H and O–H groups in total. The highest BCUT2D eigenvalue weighted by Gasteiger charge is 2.37. The number of hydrogen-bond donors (Lipinski definition) is 1. The van der Waals surface area contributed by atoms with E-state index < -0.39 is 5.60 Å². The minimum absolute atomic E-state index is 0.197. The number of aromatic nitrogens is 2. The Morgan fingerprint density at radius 1 is 1.57 bits per heavy atom. The van der Waals surface area contributed by atoms with Gasteiger partial charge in [-0.3, -0.25) is 0 Å². The van der Waals surface area contributed by atoms with Crippen LogP contribution in [-0.2, 0) is 10.3 Å². The molecule has 0 radical (unpaired) electrons. The van der Waals surface area contributed by atoms with E-state index in [-0.39, 0.29) is 6.04 Å². The minimum atomic E-state index is -0.403. The zero-order valence-electron chi connectivity index (χ0n) is 8.49. The minimum Gasteiger partial charge on any atom is -0.365 e. The van der Waals surface area contributed by atoms with Gasteiger partial charge in [-0.05, 0) is 26.7 Å². The number of ether oxygens (including phenoxy) is 1. The molecule has 2 rings (SSSR count). The maximum atomic E-state index is 5.64. The van der Waals surface area contributed by atoms with Gasteiger partial charge in [-0.15, -0.1) is 0 Å². The molecule has 2 heterocycles. The summed E-state index contributed by atoms with van der Waals surface area (Å²) in [5.74, 6) is 1.08. The SMILES string of the molecule is CC(N)c1noc(C2(C)CCCO2)n1. The number of hydrogen-bond acceptors (Lipinski definition) is 5. The summed E-state index contributed by atoms with van der Waals surface area (Å²) in [6.45, 7) is 4.55. The molecule has 1 aliphatic rings. The van der Waals surface area contributed by atoms with Gasteiger partial charge in [-0.1, -0.05) is 5.16 Å². The lowest BCUT2D eigenvalue weighted by atomic mass is 10.0. The average Bonchev–Trinajstić information content (AvgIpc) is 2.71. The predicted molar refractivity (Wildman–Crippen MR) is 49.4 cm³/mol. The van der Waals surface area contributed by atoms with Crippen molar-refractivity contribution in [3.8, 4) is 0 Å². The second kappa shape index (κ2) is 3.33. The Kier molecular flexibility index (Phi) is 2.28. The Labute approximate surface area is 82.6 Å². The van der Waals surface area contributed by atoms with Gasteiger partial charge in [0.25, 0.3) is 5.89 Å². The first-order valence-corrected chi connectivity index (χ1v) is 4.85. The van der Waals surface area contributed by atoms with Crippen LogP contribution in [0.1, 0.15) is 44.4 Å². The third-order valence-corrected chi connectivity index (χ3v) is 2.52. The number of rotatable bonds is 2. The summed E-state index contributed by atoms with van der Waals surface area (Å²) in [6, 6.07) is -0.197. The van der Waals surface area contributed by atoms with Crippen LogP contribution >= 0.6 is 0 Å². The van der Waals surface area contributed by atoms with Crippen LogP contribution in [0.5, 0.6) is 0 Å². The van der Waals surface area contributed by atoms with E-state index in [4.69, 9.17) is 15.0 Å². The molecule has 2 unspecified atom stereocenters. The van der Waals surface area contributed by atoms with E-state index in [0.29, 0.717) is 11.7 Å². The van der Waals surface area contributed by atoms with Crippen molar-refractivity contribution in [2.24, 2.45) is 5.73 Å². The van der Waals surface area contributed by atoms with Crippen LogP contribution < -0.4 is 5.73 Å². The molecule has 14 heavy (non-hydrogen) atoms. The molecular formula is C9H15N3O2. The molecular weight excluding hydrogens is 182 g/mol. The van der Waals surface area contributed by atoms with Crippen LogP contribution in [0.4, 0.5) is 0 Å². The highest BCUT2D eigenvalue weighted by Crippen LogP contribution is 2.34. The molecule has 1 saturated heterocycles. The van der Waals surface area contributed by atoms with Crippen molar-refractivity contribution >= 4 is 0 Å². The molecule has 78 valence electrons. The van der Waals surface area contributed by atoms with Crippen molar-refractivity contribution in [1.29, 1.82) is 0 Å². The van der Waals surface area contributed by atoms with Gasteiger partial charge >= 0.3 is 0 Å². The summed E-state index contributed by atoms with van der Waals surface area (Å²) >= 11 is 0. The van der Waals surface area contributed by atoms with Crippen LogP contribution in [0, 0.1) is 0 Å². The number of nitrogens with zero attached hydrogens (tertiary/aromatic N) is 2. The maximum absolute atomic E-state index is 5.64. The zero-order valence-corrected chi connectivity index (χ0v) is 8.49. The van der Waals surface area contributed by atoms with E-state index in [2.05, 4.69) is 10.1 Å². The fourth-order valence-electron chi connectivity index (χ4n) is 1.58. The van der Waals surface area contributed by atoms with Crippen LogP contribution in [-0.4, -0.2) is 16.7 Å². The predicted octanol–water partition coefficient (Wildman–Crippen LogP) is 1.11. The van der Waals surface area contributed by atoms with Crippen molar-refractivity contribution in [3.05, 3.63) is 11.7 Å². The molecule has 0 saturated carbocycles. The highest BCUT2D eigenvalue weighted by atomic mass is 16.5. The lowest BCUT2D eigenvalue weighted by Crippen LogP contribution is -2.20. The van der Waals surface area contributed by atoms with Crippen molar-refractivity contribution in [1.82, 2.24) is 10.1 Å². The molecule has 2 atom stereocenters. The van der Waals surface area contributed by atoms with Crippen molar-refractivity contribution in [2.75, 3.05) is 6.61 Å². The lowest BCUT2D eigenvalue weighted by molar-refractivity contribution is -0.00937. The zero-order chi connectivity index (χ0) is 10.2. The Hall–Kier alpha value is -0.940. The molecule has 0 spiro atoms. The molecule has 0 amide bonds. The highest BCUT2D eigenvalue weighted by molar-refractivity contribution is 5.01. The van der Waals surface area contributed by atoms with Gasteiger partial charge in [0.2, 0.25) is 0 Å². The first-order chi connectivity index (χ1) is 6.62. The largest absolute Gasteiger partial charge is 0.365 e. The molecule has 5 nitrogen and oxygen atoms in total. The lowest BCUT2D eigenvalue weighted by Gasteiger charge is -2.16. The van der Waals surface area contributed by atoms with Crippen molar-refractivity contribution < 1.29 is 9.26 Å². The average molecular weight is 197 g/mol. The fourth-order valence-corrected chi connectivity index (χ4v) is 1.58. The first kappa shape index (κ1) is 9.61. The van der Waals surface area contributed by atoms with E-state index in [1.54, 1.807) is 0 Å². The molecule has 1 aromatic rings. The summed E-state index contributed by atoms with van der Waals surface area (Å²) in [7, 11) is 0. The molecule has 0 aliphatic carbocycles. The van der Waals surface area contributed by atoms with Crippen LogP contribution in [0.2, 0.25) is 0 Å². The van der Waals surface area contributed by atoms with Crippen molar-refractivity contribution in [3.63, 3.8) is 0 Å². The molecule has 1 aromatic heterocycles. The summed E-state index contributed by atoms with van der Waals surface area (Å²) < 4.78 is 10.7. The fraction of sp³-hybridized carbons (Fsp3) is 0.778. The normalized spacial score (nSPS) is 29.4. The van der Waals surface area contributed by atoms with Gasteiger partial charge < -0.3 is 15.0 Å². The van der Waals surface area contributed by atoms with Crippen LogP contribution in [0.15, 0.2) is 4.52 Å². The quantitative estimate of drug-likeness (QED) is 0.768. The second-order valence-corrected chi connectivity index (χ2v) is 3.93. The summed E-state index contributed by atoms with van der Waals surface area (Å²) in [5.41, 5.74) is 5.24. The van der Waals surface area contributed by atoms with E-state index in [9.17, 15) is 0 Å². The molecule has 1 aliphatic heterocycles. The maximum Gasteiger partial charge on any atom is 0.258 e. The van der Waals surface area contributed by atoms with Crippen LogP contribution in [0.3, 0.4) is 0 Å². The van der Waals surface area contributed by atoms with Gasteiger partial charge in [0, 0.05) is 6.61 Å². The monoisotopic (exact) mass is 197 g/mol. The summed E-state index contributed by atoms with van der Waals surface area (Å²) in [4.78, 5) is 4.24. The van der Waals surface area contributed by atoms with Gasteiger partial charge in [0.05, 0.1) is 6.04 Å². The van der Waals surface area contributed by atoms with E-state index in [1.165, 1.54) is 0 Å². The van der Waals surface area contributed by atoms with Gasteiger partial charge in [0.1, 0.15) is 5.60 Å². The third-order valence-electron chi connectivity index (χ3n) is 2.52. The first-order valence-electron chi connectivity index (χ1n) is 4.85. The summed E-state index contributed by atoms with van der Waals surface area (Å²) in [6.07, 6.45) is 1.96. The number of nitrogens with two attached hydrogens (primary N) is 1. The topological polar surface area (TPSA) is 74.2 Å². The Bertz CT molecular complexity index is 316. The molecule has 1 fully saturated rings. The Balaban J connectivity index is 2.23. The molecule has 0 aromatic carbocycles. The second-order valence-electron chi connectivity index (χ2n) is 3.93. The Morgan fingerprint density at radius 3 is 2.86 bits per heavy atom. The van der Waals surface area contributed by atoms with Gasteiger partial charge in [0.15, 0.2) is 5.82 Å². The molecule has 0 bridgehead atoms.